The number of hydrogen-bond donors (Lipinski definition) is 0. The molecule has 2 aliphatic rings. The van der Waals surface area contributed by atoms with Gasteiger partial charge >= 0.3 is 0 Å². The first-order valence-electron chi connectivity index (χ1n) is 10.3. The fourth-order valence-corrected chi connectivity index (χ4v) is 5.30. The van der Waals surface area contributed by atoms with Gasteiger partial charge in [0.25, 0.3) is 0 Å². The Labute approximate surface area is 154 Å². The molecule has 0 radical (unpaired) electrons. The van der Waals surface area contributed by atoms with E-state index in [4.69, 9.17) is 0 Å². The van der Waals surface area contributed by atoms with Crippen molar-refractivity contribution in [2.24, 2.45) is 5.41 Å². The van der Waals surface area contributed by atoms with Gasteiger partial charge in [0.05, 0.1) is 0 Å². The van der Waals surface area contributed by atoms with Crippen LogP contribution in [0.15, 0.2) is 54.1 Å². The van der Waals surface area contributed by atoms with Crippen LogP contribution in [0.5, 0.6) is 0 Å². The molecule has 0 atom stereocenters. The van der Waals surface area contributed by atoms with E-state index in [-0.39, 0.29) is 0 Å². The second kappa shape index (κ2) is 7.36. The zero-order chi connectivity index (χ0) is 17.9. The van der Waals surface area contributed by atoms with Crippen LogP contribution in [0, 0.1) is 5.41 Å². The van der Waals surface area contributed by atoms with E-state index in [1.165, 1.54) is 44.1 Å². The molecule has 25 heavy (non-hydrogen) atoms. The van der Waals surface area contributed by atoms with E-state index in [1.807, 2.05) is 0 Å². The van der Waals surface area contributed by atoms with Crippen molar-refractivity contribution < 1.29 is 0 Å². The highest BCUT2D eigenvalue weighted by Gasteiger charge is 2.40. The molecular weight excluding hydrogens is 300 g/mol. The van der Waals surface area contributed by atoms with Crippen LogP contribution >= 0.6 is 0 Å². The Kier molecular flexibility index (Phi) is 5.37. The second-order valence-corrected chi connectivity index (χ2v) is 7.90. The largest absolute Gasteiger partial charge is 0.0801 e. The zero-order valence-electron chi connectivity index (χ0n) is 16.6. The highest BCUT2D eigenvalue weighted by Crippen LogP contribution is 2.53. The lowest BCUT2D eigenvalue weighted by Gasteiger charge is -2.44. The monoisotopic (exact) mass is 334 g/mol. The van der Waals surface area contributed by atoms with Crippen LogP contribution in [0.1, 0.15) is 83.8 Å². The van der Waals surface area contributed by atoms with Crippen LogP contribution < -0.4 is 0 Å². The molecule has 0 unspecified atom stereocenters. The van der Waals surface area contributed by atoms with Crippen molar-refractivity contribution in [2.45, 2.75) is 78.1 Å². The molecule has 1 aromatic rings. The molecule has 134 valence electrons. The molecule has 0 aliphatic heterocycles. The van der Waals surface area contributed by atoms with Gasteiger partial charge in [-0.1, -0.05) is 76.3 Å². The number of benzene rings is 1. The van der Waals surface area contributed by atoms with Crippen molar-refractivity contribution in [2.75, 3.05) is 0 Å². The Hall–Kier alpha value is -1.56. The van der Waals surface area contributed by atoms with Crippen LogP contribution in [0.3, 0.4) is 0 Å². The summed E-state index contributed by atoms with van der Waals surface area (Å²) in [6, 6.07) is 9.28. The highest BCUT2D eigenvalue weighted by molar-refractivity contribution is 5.77. The molecule has 2 aliphatic carbocycles. The Morgan fingerprint density at radius 2 is 1.44 bits per heavy atom. The number of hydrogen-bond acceptors (Lipinski definition) is 0. The summed E-state index contributed by atoms with van der Waals surface area (Å²) in [7, 11) is 0. The van der Waals surface area contributed by atoms with Crippen molar-refractivity contribution in [3.63, 3.8) is 0 Å². The fraction of sp³-hybridized carbons (Fsp3) is 0.520. The summed E-state index contributed by atoms with van der Waals surface area (Å²) >= 11 is 0. The lowest BCUT2D eigenvalue weighted by Crippen LogP contribution is -2.33. The molecule has 0 spiro atoms. The standard InChI is InChI=1S/C25H34/c1-5-24(6-2)18-19-25(7-3,8-4)23-17-13-12-15-21(23)20-14-10-9-11-16-22(20)24/h9-13,15-17H,5-8,14,18-19H2,1-4H3. The lowest BCUT2D eigenvalue weighted by molar-refractivity contribution is 0.241. The first kappa shape index (κ1) is 18.2. The molecule has 0 heteroatoms. The van der Waals surface area contributed by atoms with E-state index in [1.54, 1.807) is 16.7 Å². The van der Waals surface area contributed by atoms with Gasteiger partial charge in [0.2, 0.25) is 0 Å². The van der Waals surface area contributed by atoms with E-state index in [2.05, 4.69) is 76.3 Å². The van der Waals surface area contributed by atoms with Gasteiger partial charge in [0.1, 0.15) is 0 Å². The molecule has 0 amide bonds. The smallest absolute Gasteiger partial charge is 0.00459 e. The normalized spacial score (nSPS) is 21.1. The van der Waals surface area contributed by atoms with Crippen molar-refractivity contribution >= 4 is 5.57 Å². The Morgan fingerprint density at radius 1 is 0.800 bits per heavy atom. The molecule has 1 aromatic carbocycles. The van der Waals surface area contributed by atoms with Crippen LogP contribution in [-0.2, 0) is 5.41 Å². The predicted molar refractivity (Wildman–Crippen MR) is 111 cm³/mol. The van der Waals surface area contributed by atoms with Crippen molar-refractivity contribution in [1.82, 2.24) is 0 Å². The van der Waals surface area contributed by atoms with E-state index >= 15 is 0 Å². The Bertz CT molecular complexity index is 691. The van der Waals surface area contributed by atoms with Gasteiger partial charge in [-0.05, 0) is 78.0 Å². The molecular formula is C25H34. The van der Waals surface area contributed by atoms with Crippen LogP contribution in [0.4, 0.5) is 0 Å². The molecule has 0 saturated heterocycles. The van der Waals surface area contributed by atoms with Crippen molar-refractivity contribution in [1.29, 1.82) is 0 Å². The second-order valence-electron chi connectivity index (χ2n) is 7.90. The molecule has 0 fully saturated rings. The van der Waals surface area contributed by atoms with Gasteiger partial charge in [-0.15, -0.1) is 0 Å². The zero-order valence-corrected chi connectivity index (χ0v) is 16.6. The fourth-order valence-electron chi connectivity index (χ4n) is 5.30. The predicted octanol–water partition coefficient (Wildman–Crippen LogP) is 7.61. The van der Waals surface area contributed by atoms with Crippen LogP contribution in [-0.4, -0.2) is 0 Å². The van der Waals surface area contributed by atoms with Gasteiger partial charge in [0, 0.05) is 0 Å². The van der Waals surface area contributed by atoms with Crippen LogP contribution in [0.2, 0.25) is 0 Å². The Balaban J connectivity index is 2.35. The number of fused-ring (bicyclic) bond motifs is 2. The summed E-state index contributed by atoms with van der Waals surface area (Å²) in [5.41, 5.74) is 6.94. The number of rotatable bonds is 4. The SMILES string of the molecule is CCC1(CC)CCC(CC)(CC)c2ccccc2C2=C1C=CC=CC2. The molecule has 0 N–H and O–H groups in total. The minimum absolute atomic E-state index is 0.320. The summed E-state index contributed by atoms with van der Waals surface area (Å²) in [6.45, 7) is 9.58. The first-order valence-corrected chi connectivity index (χ1v) is 10.3. The molecule has 0 aromatic heterocycles. The van der Waals surface area contributed by atoms with Crippen molar-refractivity contribution in [3.8, 4) is 0 Å². The van der Waals surface area contributed by atoms with Crippen LogP contribution in [0.25, 0.3) is 5.57 Å². The minimum Gasteiger partial charge on any atom is -0.0801 e. The van der Waals surface area contributed by atoms with Gasteiger partial charge in [-0.3, -0.25) is 0 Å². The van der Waals surface area contributed by atoms with Gasteiger partial charge in [0.15, 0.2) is 0 Å². The third-order valence-electron chi connectivity index (χ3n) is 7.34. The summed E-state index contributed by atoms with van der Waals surface area (Å²) in [5, 5.41) is 0. The summed E-state index contributed by atoms with van der Waals surface area (Å²) in [5.74, 6) is 0. The minimum atomic E-state index is 0.320. The quantitative estimate of drug-likeness (QED) is 0.531. The molecule has 0 saturated carbocycles. The molecule has 3 rings (SSSR count). The maximum Gasteiger partial charge on any atom is -0.00459 e. The average Bonchev–Trinajstić information content (AvgIpc) is 2.92. The maximum atomic E-state index is 2.42. The summed E-state index contributed by atoms with van der Waals surface area (Å²) in [6.07, 6.45) is 17.9. The van der Waals surface area contributed by atoms with Gasteiger partial charge in [-0.2, -0.15) is 0 Å². The van der Waals surface area contributed by atoms with E-state index in [0.717, 1.165) is 6.42 Å². The van der Waals surface area contributed by atoms with E-state index < -0.39 is 0 Å². The van der Waals surface area contributed by atoms with E-state index in [0.29, 0.717) is 10.8 Å². The first-order chi connectivity index (χ1) is 12.2. The molecule has 0 heterocycles. The maximum absolute atomic E-state index is 2.42. The number of allylic oxidation sites excluding steroid dienone is 6. The van der Waals surface area contributed by atoms with E-state index in [9.17, 15) is 0 Å². The molecule has 0 bridgehead atoms. The van der Waals surface area contributed by atoms with Gasteiger partial charge in [-0.25, -0.2) is 0 Å². The third kappa shape index (κ3) is 2.94. The van der Waals surface area contributed by atoms with Gasteiger partial charge < -0.3 is 0 Å². The topological polar surface area (TPSA) is 0 Å². The Morgan fingerprint density at radius 3 is 2.12 bits per heavy atom. The summed E-state index contributed by atoms with van der Waals surface area (Å²) < 4.78 is 0. The average molecular weight is 335 g/mol. The highest BCUT2D eigenvalue weighted by atomic mass is 14.4. The molecule has 0 nitrogen and oxygen atoms in total. The lowest BCUT2D eigenvalue weighted by atomic mass is 9.60. The summed E-state index contributed by atoms with van der Waals surface area (Å²) in [4.78, 5) is 0. The third-order valence-corrected chi connectivity index (χ3v) is 7.34. The van der Waals surface area contributed by atoms with Crippen molar-refractivity contribution in [3.05, 3.63) is 65.3 Å².